The number of esters is 1. The van der Waals surface area contributed by atoms with Gasteiger partial charge < -0.3 is 9.72 Å². The minimum atomic E-state index is -0.369. The standard InChI is InChI=1S/C25H30N2O2/c1-3-18-15-22(25(28)29-2)24-21(20-11-7-8-12-23(20)26-24)13-14-27(16-18)17-19-9-5-4-6-10-19/h4-12,18,22,26H,3,13-17H2,1-2H3/t18-,22+/m1/s1/i16D/t16-,18-,22+. The van der Waals surface area contributed by atoms with E-state index in [4.69, 9.17) is 6.11 Å². The second-order valence-electron chi connectivity index (χ2n) is 7.90. The van der Waals surface area contributed by atoms with Gasteiger partial charge in [0.25, 0.3) is 0 Å². The van der Waals surface area contributed by atoms with Crippen LogP contribution in [0.4, 0.5) is 0 Å². The van der Waals surface area contributed by atoms with Crippen molar-refractivity contribution < 1.29 is 10.9 Å². The predicted molar refractivity (Wildman–Crippen MR) is 117 cm³/mol. The predicted octanol–water partition coefficient (Wildman–Crippen LogP) is 4.90. The van der Waals surface area contributed by atoms with E-state index in [0.717, 1.165) is 42.5 Å². The van der Waals surface area contributed by atoms with E-state index in [1.54, 1.807) is 0 Å². The molecule has 0 saturated heterocycles. The summed E-state index contributed by atoms with van der Waals surface area (Å²) in [4.78, 5) is 18.6. The van der Waals surface area contributed by atoms with E-state index in [1.807, 2.05) is 30.3 Å². The molecule has 0 amide bonds. The Kier molecular flexibility index (Phi) is 5.61. The summed E-state index contributed by atoms with van der Waals surface area (Å²) in [7, 11) is 1.46. The monoisotopic (exact) mass is 391 g/mol. The summed E-state index contributed by atoms with van der Waals surface area (Å²) in [5.41, 5.74) is 4.42. The van der Waals surface area contributed by atoms with Crippen molar-refractivity contribution in [2.24, 2.45) is 5.92 Å². The number of carbonyl (C=O) groups is 1. The van der Waals surface area contributed by atoms with Crippen molar-refractivity contribution in [3.05, 3.63) is 71.4 Å². The van der Waals surface area contributed by atoms with Gasteiger partial charge in [-0.2, -0.15) is 0 Å². The smallest absolute Gasteiger partial charge is 0.314 e. The second kappa shape index (κ2) is 8.83. The Hall–Kier alpha value is -2.59. The SMILES string of the molecule is [2H][C@@H]1[C@H](CC)C[C@H](C(=O)OC)c2[nH]c3ccccc3c2CCN1Cc1ccccc1. The summed E-state index contributed by atoms with van der Waals surface area (Å²) in [6.45, 7) is 3.28. The molecule has 0 radical (unpaired) electrons. The van der Waals surface area contributed by atoms with Crippen LogP contribution < -0.4 is 0 Å². The van der Waals surface area contributed by atoms with Crippen LogP contribution in [-0.2, 0) is 22.5 Å². The van der Waals surface area contributed by atoms with E-state index in [1.165, 1.54) is 18.2 Å². The molecular weight excluding hydrogens is 360 g/mol. The lowest BCUT2D eigenvalue weighted by Gasteiger charge is -2.27. The highest BCUT2D eigenvalue weighted by molar-refractivity contribution is 5.88. The third-order valence-corrected chi connectivity index (χ3v) is 6.04. The number of methoxy groups -OCH3 is 1. The highest BCUT2D eigenvalue weighted by Crippen LogP contribution is 2.35. The minimum absolute atomic E-state index is 0.0789. The van der Waals surface area contributed by atoms with Gasteiger partial charge in [-0.05, 0) is 36.0 Å². The molecule has 1 aliphatic rings. The normalized spacial score (nSPS) is 23.5. The van der Waals surface area contributed by atoms with Gasteiger partial charge in [-0.1, -0.05) is 61.9 Å². The lowest BCUT2D eigenvalue weighted by atomic mass is 9.88. The van der Waals surface area contributed by atoms with Crippen molar-refractivity contribution in [3.63, 3.8) is 0 Å². The molecule has 0 fully saturated rings. The number of hydrogen-bond donors (Lipinski definition) is 1. The topological polar surface area (TPSA) is 45.3 Å². The van der Waals surface area contributed by atoms with E-state index in [0.29, 0.717) is 6.42 Å². The van der Waals surface area contributed by atoms with Gasteiger partial charge in [0.1, 0.15) is 0 Å². The number of nitrogens with one attached hydrogen (secondary N) is 1. The van der Waals surface area contributed by atoms with Crippen LogP contribution in [0.2, 0.25) is 0 Å². The van der Waals surface area contributed by atoms with Crippen molar-refractivity contribution >= 4 is 16.9 Å². The maximum absolute atomic E-state index is 12.8. The summed E-state index contributed by atoms with van der Waals surface area (Å²) >= 11 is 0. The Morgan fingerprint density at radius 1 is 1.21 bits per heavy atom. The van der Waals surface area contributed by atoms with Crippen LogP contribution in [0.5, 0.6) is 0 Å². The van der Waals surface area contributed by atoms with E-state index >= 15 is 0 Å². The molecule has 0 saturated carbocycles. The fourth-order valence-corrected chi connectivity index (χ4v) is 4.48. The van der Waals surface area contributed by atoms with Crippen molar-refractivity contribution in [2.45, 2.75) is 38.6 Å². The number of benzene rings is 2. The molecule has 3 aromatic rings. The zero-order chi connectivity index (χ0) is 21.1. The quantitative estimate of drug-likeness (QED) is 0.644. The molecule has 4 heteroatoms. The molecule has 3 atom stereocenters. The molecule has 0 aliphatic carbocycles. The summed E-state index contributed by atoms with van der Waals surface area (Å²) < 4.78 is 14.2. The van der Waals surface area contributed by atoms with Gasteiger partial charge in [0.05, 0.1) is 13.0 Å². The number of carbonyl (C=O) groups excluding carboxylic acids is 1. The van der Waals surface area contributed by atoms with Crippen LogP contribution >= 0.6 is 0 Å². The summed E-state index contributed by atoms with van der Waals surface area (Å²) in [5, 5.41) is 1.16. The van der Waals surface area contributed by atoms with Crippen LogP contribution in [-0.4, -0.2) is 36.0 Å². The third kappa shape index (κ3) is 4.23. The number of ether oxygens (including phenoxy) is 1. The average Bonchev–Trinajstić information content (AvgIpc) is 3.16. The van der Waals surface area contributed by atoms with Gasteiger partial charge in [0.2, 0.25) is 0 Å². The van der Waals surface area contributed by atoms with Gasteiger partial charge in [0, 0.05) is 37.6 Å². The Labute approximate surface area is 174 Å². The Balaban J connectivity index is 1.76. The molecular formula is C25H30N2O2. The Morgan fingerprint density at radius 3 is 2.72 bits per heavy atom. The minimum Gasteiger partial charge on any atom is -0.469 e. The van der Waals surface area contributed by atoms with Crippen molar-refractivity contribution in [1.82, 2.24) is 9.88 Å². The second-order valence-corrected chi connectivity index (χ2v) is 7.90. The van der Waals surface area contributed by atoms with Crippen LogP contribution in [0.15, 0.2) is 54.6 Å². The Bertz CT molecular complexity index is 1000. The van der Waals surface area contributed by atoms with E-state index in [9.17, 15) is 4.79 Å². The van der Waals surface area contributed by atoms with Crippen molar-refractivity contribution in [2.75, 3.05) is 20.2 Å². The van der Waals surface area contributed by atoms with Gasteiger partial charge in [0.15, 0.2) is 0 Å². The van der Waals surface area contributed by atoms with Gasteiger partial charge in [-0.25, -0.2) is 0 Å². The largest absolute Gasteiger partial charge is 0.469 e. The molecule has 2 aromatic carbocycles. The first-order valence-corrected chi connectivity index (χ1v) is 10.5. The van der Waals surface area contributed by atoms with E-state index in [-0.39, 0.29) is 24.3 Å². The summed E-state index contributed by atoms with van der Waals surface area (Å²) in [6, 6.07) is 18.6. The zero-order valence-electron chi connectivity index (χ0n) is 18.2. The maximum Gasteiger partial charge on any atom is 0.314 e. The molecule has 1 aliphatic heterocycles. The van der Waals surface area contributed by atoms with Crippen molar-refractivity contribution in [3.8, 4) is 0 Å². The number of nitrogens with zero attached hydrogens (tertiary/aromatic N) is 1. The molecule has 0 unspecified atom stereocenters. The zero-order valence-corrected chi connectivity index (χ0v) is 17.2. The molecule has 1 N–H and O–H groups in total. The number of aromatic amines is 1. The molecule has 0 spiro atoms. The summed E-state index contributed by atoms with van der Waals surface area (Å²) in [5.74, 6) is -0.507. The molecule has 152 valence electrons. The first kappa shape index (κ1) is 18.4. The lowest BCUT2D eigenvalue weighted by molar-refractivity contribution is -0.143. The highest BCUT2D eigenvalue weighted by Gasteiger charge is 2.31. The van der Waals surface area contributed by atoms with Crippen LogP contribution in [0.1, 0.15) is 43.9 Å². The number of aromatic nitrogens is 1. The van der Waals surface area contributed by atoms with Gasteiger partial charge >= 0.3 is 5.97 Å². The van der Waals surface area contributed by atoms with Gasteiger partial charge in [-0.3, -0.25) is 9.69 Å². The molecule has 0 bridgehead atoms. The molecule has 2 heterocycles. The van der Waals surface area contributed by atoms with Crippen molar-refractivity contribution in [1.29, 1.82) is 0 Å². The molecule has 4 nitrogen and oxygen atoms in total. The molecule has 29 heavy (non-hydrogen) atoms. The number of rotatable bonds is 4. The fraction of sp³-hybridized carbons (Fsp3) is 0.400. The molecule has 1 aromatic heterocycles. The number of H-pyrrole nitrogens is 1. The van der Waals surface area contributed by atoms with Gasteiger partial charge in [-0.15, -0.1) is 0 Å². The van der Waals surface area contributed by atoms with Crippen LogP contribution in [0, 0.1) is 5.92 Å². The van der Waals surface area contributed by atoms with Crippen LogP contribution in [0.3, 0.4) is 0 Å². The number of fused-ring (bicyclic) bond motifs is 3. The maximum atomic E-state index is 12.8. The first-order chi connectivity index (χ1) is 14.6. The van der Waals surface area contributed by atoms with E-state index < -0.39 is 0 Å². The molecule has 4 rings (SSSR count). The average molecular weight is 392 g/mol. The Morgan fingerprint density at radius 2 is 1.97 bits per heavy atom. The fourth-order valence-electron chi connectivity index (χ4n) is 4.48. The first-order valence-electron chi connectivity index (χ1n) is 11.1. The number of hydrogen-bond acceptors (Lipinski definition) is 3. The highest BCUT2D eigenvalue weighted by atomic mass is 16.5. The lowest BCUT2D eigenvalue weighted by Crippen LogP contribution is -2.31. The van der Waals surface area contributed by atoms with E-state index in [2.05, 4.69) is 41.1 Å². The number of para-hydroxylation sites is 1. The third-order valence-electron chi connectivity index (χ3n) is 6.04. The summed E-state index contributed by atoms with van der Waals surface area (Å²) in [6.07, 6.45) is 2.26. The van der Waals surface area contributed by atoms with Crippen LogP contribution in [0.25, 0.3) is 10.9 Å².